The second-order valence-corrected chi connectivity index (χ2v) is 7.38. The molecule has 0 N–H and O–H groups in total. The molecule has 2 heterocycles. The first-order valence-electron chi connectivity index (χ1n) is 9.35. The number of rotatable bonds is 6. The summed E-state index contributed by atoms with van der Waals surface area (Å²) in [6, 6.07) is 13.7. The van der Waals surface area contributed by atoms with Crippen LogP contribution in [0.1, 0.15) is 11.5 Å². The Balaban J connectivity index is 1.23. The van der Waals surface area contributed by atoms with Gasteiger partial charge in [0.1, 0.15) is 17.9 Å². The quantitative estimate of drug-likeness (QED) is 0.641. The first kappa shape index (κ1) is 18.3. The summed E-state index contributed by atoms with van der Waals surface area (Å²) < 4.78 is 11.7. The number of hydrogen-bond donors (Lipinski definition) is 0. The van der Waals surface area contributed by atoms with E-state index in [0.29, 0.717) is 11.6 Å². The third-order valence-corrected chi connectivity index (χ3v) is 5.23. The molecule has 0 saturated carbocycles. The molecule has 0 amide bonds. The highest BCUT2D eigenvalue weighted by atomic mass is 35.5. The summed E-state index contributed by atoms with van der Waals surface area (Å²) >= 11 is 6.12. The van der Waals surface area contributed by atoms with Crippen LogP contribution in [0.3, 0.4) is 0 Å². The third-order valence-electron chi connectivity index (χ3n) is 4.91. The highest BCUT2D eigenvalue weighted by Gasteiger charge is 2.19. The fourth-order valence-electron chi connectivity index (χ4n) is 3.36. The summed E-state index contributed by atoms with van der Waals surface area (Å²) in [4.78, 5) is 9.43. The van der Waals surface area contributed by atoms with Crippen LogP contribution in [0.2, 0.25) is 5.02 Å². The van der Waals surface area contributed by atoms with Crippen LogP contribution in [0.5, 0.6) is 5.75 Å². The molecule has 1 aromatic heterocycles. The minimum Gasteiger partial charge on any atom is -0.491 e. The lowest BCUT2D eigenvalue weighted by Crippen LogP contribution is -2.47. The topological polar surface area (TPSA) is 41.7 Å². The first-order valence-corrected chi connectivity index (χ1v) is 9.73. The average Bonchev–Trinajstić information content (AvgIpc) is 3.06. The fraction of sp³-hybridized carbons (Fsp3) is 0.381. The van der Waals surface area contributed by atoms with Crippen LogP contribution in [-0.4, -0.2) is 54.1 Å². The highest BCUT2D eigenvalue weighted by Crippen LogP contribution is 2.23. The van der Waals surface area contributed by atoms with Crippen molar-refractivity contribution in [2.75, 3.05) is 39.3 Å². The Morgan fingerprint density at radius 3 is 2.67 bits per heavy atom. The molecule has 4 rings (SSSR count). The van der Waals surface area contributed by atoms with Crippen LogP contribution >= 0.6 is 11.6 Å². The number of halogens is 1. The normalized spacial score (nSPS) is 16.1. The zero-order valence-electron chi connectivity index (χ0n) is 15.5. The van der Waals surface area contributed by atoms with Crippen molar-refractivity contribution in [2.24, 2.45) is 0 Å². The van der Waals surface area contributed by atoms with Crippen molar-refractivity contribution >= 4 is 22.7 Å². The molecule has 0 unspecified atom stereocenters. The molecule has 0 aliphatic carbocycles. The lowest BCUT2D eigenvalue weighted by molar-refractivity contribution is 0.107. The highest BCUT2D eigenvalue weighted by molar-refractivity contribution is 6.32. The molecule has 142 valence electrons. The van der Waals surface area contributed by atoms with Gasteiger partial charge in [-0.1, -0.05) is 29.8 Å². The summed E-state index contributed by atoms with van der Waals surface area (Å²) in [5.41, 5.74) is 3.02. The van der Waals surface area contributed by atoms with Gasteiger partial charge in [0, 0.05) is 32.7 Å². The number of nitrogens with zero attached hydrogens (tertiary/aromatic N) is 3. The van der Waals surface area contributed by atoms with Gasteiger partial charge in [-0.2, -0.15) is 0 Å². The maximum Gasteiger partial charge on any atom is 0.209 e. The Hall–Kier alpha value is -2.08. The number of hydrogen-bond acceptors (Lipinski definition) is 5. The molecule has 1 saturated heterocycles. The SMILES string of the molecule is Cc1ccc2oc(CN3CCN(CCOc4ccccc4Cl)CC3)nc2c1. The molecule has 3 aromatic rings. The smallest absolute Gasteiger partial charge is 0.209 e. The Bertz CT molecular complexity index is 903. The monoisotopic (exact) mass is 385 g/mol. The molecule has 0 atom stereocenters. The number of aryl methyl sites for hydroxylation is 1. The predicted molar refractivity (Wildman–Crippen MR) is 107 cm³/mol. The molecular formula is C21H24ClN3O2. The molecule has 5 nitrogen and oxygen atoms in total. The number of fused-ring (bicyclic) bond motifs is 1. The summed E-state index contributed by atoms with van der Waals surface area (Å²) in [6.45, 7) is 8.43. The van der Waals surface area contributed by atoms with Crippen molar-refractivity contribution in [1.82, 2.24) is 14.8 Å². The Morgan fingerprint density at radius 2 is 1.85 bits per heavy atom. The maximum atomic E-state index is 6.12. The van der Waals surface area contributed by atoms with E-state index in [2.05, 4.69) is 33.8 Å². The molecule has 0 spiro atoms. The van der Waals surface area contributed by atoms with Crippen LogP contribution in [0.25, 0.3) is 11.1 Å². The minimum absolute atomic E-state index is 0.647. The fourth-order valence-corrected chi connectivity index (χ4v) is 3.55. The van der Waals surface area contributed by atoms with E-state index in [4.69, 9.17) is 20.8 Å². The number of benzene rings is 2. The van der Waals surface area contributed by atoms with Crippen molar-refractivity contribution < 1.29 is 9.15 Å². The summed E-state index contributed by atoms with van der Waals surface area (Å²) in [7, 11) is 0. The van der Waals surface area contributed by atoms with Crippen LogP contribution in [-0.2, 0) is 6.54 Å². The van der Waals surface area contributed by atoms with Gasteiger partial charge in [0.15, 0.2) is 5.58 Å². The second-order valence-electron chi connectivity index (χ2n) is 6.98. The van der Waals surface area contributed by atoms with Crippen LogP contribution in [0.4, 0.5) is 0 Å². The van der Waals surface area contributed by atoms with Gasteiger partial charge in [0.2, 0.25) is 5.89 Å². The van der Waals surface area contributed by atoms with Gasteiger partial charge in [-0.05, 0) is 36.8 Å². The Morgan fingerprint density at radius 1 is 1.07 bits per heavy atom. The maximum absolute atomic E-state index is 6.12. The molecule has 1 aliphatic heterocycles. The van der Waals surface area contributed by atoms with E-state index in [1.165, 1.54) is 5.56 Å². The number of piperazine rings is 1. The zero-order chi connectivity index (χ0) is 18.6. The van der Waals surface area contributed by atoms with Crippen molar-refractivity contribution in [2.45, 2.75) is 13.5 Å². The predicted octanol–water partition coefficient (Wildman–Crippen LogP) is 3.99. The van der Waals surface area contributed by atoms with Gasteiger partial charge in [0.25, 0.3) is 0 Å². The molecule has 27 heavy (non-hydrogen) atoms. The summed E-state index contributed by atoms with van der Waals surface area (Å²) in [5, 5.41) is 0.663. The van der Waals surface area contributed by atoms with E-state index >= 15 is 0 Å². The molecular weight excluding hydrogens is 362 g/mol. The molecule has 0 radical (unpaired) electrons. The average molecular weight is 386 g/mol. The first-order chi connectivity index (χ1) is 13.2. The minimum atomic E-state index is 0.647. The lowest BCUT2D eigenvalue weighted by Gasteiger charge is -2.33. The summed E-state index contributed by atoms with van der Waals surface area (Å²) in [6.07, 6.45) is 0. The lowest BCUT2D eigenvalue weighted by atomic mass is 10.2. The van der Waals surface area contributed by atoms with Crippen molar-refractivity contribution in [3.8, 4) is 5.75 Å². The van der Waals surface area contributed by atoms with Gasteiger partial charge in [-0.25, -0.2) is 4.98 Å². The third kappa shape index (κ3) is 4.61. The van der Waals surface area contributed by atoms with Crippen LogP contribution < -0.4 is 4.74 Å². The molecule has 1 aliphatic rings. The van der Waals surface area contributed by atoms with E-state index in [-0.39, 0.29) is 0 Å². The Kier molecular flexibility index (Phi) is 5.62. The van der Waals surface area contributed by atoms with Crippen LogP contribution in [0.15, 0.2) is 46.9 Å². The van der Waals surface area contributed by atoms with Gasteiger partial charge in [0.05, 0.1) is 11.6 Å². The molecule has 1 fully saturated rings. The van der Waals surface area contributed by atoms with E-state index in [1.54, 1.807) is 0 Å². The standard InChI is InChI=1S/C21H24ClN3O2/c1-16-6-7-20-18(14-16)23-21(27-20)15-25-10-8-24(9-11-25)12-13-26-19-5-3-2-4-17(19)22/h2-7,14H,8-13,15H2,1H3. The van der Waals surface area contributed by atoms with E-state index < -0.39 is 0 Å². The van der Waals surface area contributed by atoms with Gasteiger partial charge in [-0.15, -0.1) is 0 Å². The molecule has 0 bridgehead atoms. The van der Waals surface area contributed by atoms with E-state index in [0.717, 1.165) is 62.0 Å². The molecule has 6 heteroatoms. The van der Waals surface area contributed by atoms with E-state index in [1.807, 2.05) is 30.3 Å². The van der Waals surface area contributed by atoms with Crippen molar-refractivity contribution in [3.05, 3.63) is 58.9 Å². The number of aromatic nitrogens is 1. The van der Waals surface area contributed by atoms with Crippen molar-refractivity contribution in [1.29, 1.82) is 0 Å². The van der Waals surface area contributed by atoms with Gasteiger partial charge < -0.3 is 9.15 Å². The zero-order valence-corrected chi connectivity index (χ0v) is 16.3. The van der Waals surface area contributed by atoms with E-state index in [9.17, 15) is 0 Å². The second kappa shape index (κ2) is 8.30. The van der Waals surface area contributed by atoms with Crippen LogP contribution in [0, 0.1) is 6.92 Å². The largest absolute Gasteiger partial charge is 0.491 e. The molecule has 2 aromatic carbocycles. The number of para-hydroxylation sites is 1. The number of ether oxygens (including phenoxy) is 1. The summed E-state index contributed by atoms with van der Waals surface area (Å²) in [5.74, 6) is 1.55. The van der Waals surface area contributed by atoms with Gasteiger partial charge >= 0.3 is 0 Å². The Labute approximate surface area is 164 Å². The van der Waals surface area contributed by atoms with Crippen molar-refractivity contribution in [3.63, 3.8) is 0 Å². The van der Waals surface area contributed by atoms with Gasteiger partial charge in [-0.3, -0.25) is 9.80 Å². The number of oxazole rings is 1.